The zero-order chi connectivity index (χ0) is 17.3. The van der Waals surface area contributed by atoms with Crippen LogP contribution in [-0.2, 0) is 9.53 Å². The number of aromatic nitrogens is 1. The van der Waals surface area contributed by atoms with E-state index >= 15 is 0 Å². The molecule has 2 N–H and O–H groups in total. The van der Waals surface area contributed by atoms with Gasteiger partial charge in [-0.25, -0.2) is 9.78 Å². The van der Waals surface area contributed by atoms with Crippen LogP contribution in [0.4, 0.5) is 5.82 Å². The molecule has 7 heteroatoms. The molecular formula is C17H23N3O4. The Morgan fingerprint density at radius 1 is 1.33 bits per heavy atom. The number of carbonyl (C=O) groups excluding carboxylic acids is 2. The van der Waals surface area contributed by atoms with Gasteiger partial charge in [0.1, 0.15) is 5.82 Å². The van der Waals surface area contributed by atoms with Crippen molar-refractivity contribution >= 4 is 17.7 Å². The number of esters is 1. The number of aliphatic hydroxyl groups is 1. The van der Waals surface area contributed by atoms with E-state index in [9.17, 15) is 14.7 Å². The number of aliphatic hydroxyl groups excluding tert-OH is 1. The molecule has 2 aliphatic rings. The topological polar surface area (TPSA) is 91.8 Å². The number of rotatable bonds is 3. The van der Waals surface area contributed by atoms with E-state index in [-0.39, 0.29) is 17.9 Å². The van der Waals surface area contributed by atoms with Gasteiger partial charge in [0.25, 0.3) is 0 Å². The Labute approximate surface area is 141 Å². The van der Waals surface area contributed by atoms with Crippen LogP contribution in [0, 0.1) is 11.8 Å². The Morgan fingerprint density at radius 2 is 2.04 bits per heavy atom. The van der Waals surface area contributed by atoms with Crippen molar-refractivity contribution in [2.75, 3.05) is 25.1 Å². The van der Waals surface area contributed by atoms with Crippen LogP contribution in [0.5, 0.6) is 0 Å². The quantitative estimate of drug-likeness (QED) is 0.786. The highest BCUT2D eigenvalue weighted by Crippen LogP contribution is 2.38. The minimum absolute atomic E-state index is 0.111. The zero-order valence-corrected chi connectivity index (χ0v) is 13.9. The number of amides is 1. The zero-order valence-electron chi connectivity index (χ0n) is 13.9. The van der Waals surface area contributed by atoms with Gasteiger partial charge in [0.15, 0.2) is 0 Å². The summed E-state index contributed by atoms with van der Waals surface area (Å²) in [7, 11) is 1.36. The molecule has 7 nitrogen and oxygen atoms in total. The minimum atomic E-state index is -0.510. The maximum absolute atomic E-state index is 11.7. The van der Waals surface area contributed by atoms with Gasteiger partial charge in [0, 0.05) is 26.2 Å². The summed E-state index contributed by atoms with van der Waals surface area (Å²) in [6, 6.07) is 3.19. The number of fused-ring (bicyclic) bond motifs is 1. The van der Waals surface area contributed by atoms with Gasteiger partial charge in [0.2, 0.25) is 5.91 Å². The number of ether oxygens (including phenoxy) is 1. The van der Waals surface area contributed by atoms with Crippen molar-refractivity contribution in [2.45, 2.75) is 31.9 Å². The van der Waals surface area contributed by atoms with Gasteiger partial charge >= 0.3 is 5.97 Å². The molecule has 1 aromatic rings. The van der Waals surface area contributed by atoms with Gasteiger partial charge < -0.3 is 20.1 Å². The third kappa shape index (κ3) is 3.36. The molecule has 0 spiro atoms. The predicted octanol–water partition coefficient (Wildman–Crippen LogP) is 0.580. The first kappa shape index (κ1) is 16.7. The lowest BCUT2D eigenvalue weighted by Gasteiger charge is -2.35. The smallest absolute Gasteiger partial charge is 0.338 e. The molecule has 4 atom stereocenters. The highest BCUT2D eigenvalue weighted by Gasteiger charge is 2.42. The summed E-state index contributed by atoms with van der Waals surface area (Å²) in [6.07, 6.45) is 2.53. The third-order valence-corrected chi connectivity index (χ3v) is 5.02. The lowest BCUT2D eigenvalue weighted by Crippen LogP contribution is -2.48. The standard InChI is InChI=1S/C17H23N3O4/c1-10(21)19-14-5-12-8-20(9-13(12)6-15(14)22)16-7-11(3-4-18-16)17(23)24-2/h3-4,7,12-15,22H,5-6,8-9H2,1-2H3,(H,19,21)/t12-,13+,14-,15-/m1/s1. The Hall–Kier alpha value is -2.15. The molecule has 1 aliphatic heterocycles. The molecule has 2 heterocycles. The molecule has 1 amide bonds. The average Bonchev–Trinajstić information content (AvgIpc) is 2.97. The number of hydrogen-bond donors (Lipinski definition) is 2. The third-order valence-electron chi connectivity index (χ3n) is 5.02. The van der Waals surface area contributed by atoms with Gasteiger partial charge in [-0.1, -0.05) is 0 Å². The normalized spacial score (nSPS) is 29.0. The van der Waals surface area contributed by atoms with E-state index in [1.807, 2.05) is 0 Å². The van der Waals surface area contributed by atoms with Crippen LogP contribution in [0.25, 0.3) is 0 Å². The van der Waals surface area contributed by atoms with Crippen LogP contribution in [0.2, 0.25) is 0 Å². The Balaban J connectivity index is 1.71. The van der Waals surface area contributed by atoms with Crippen LogP contribution in [0.15, 0.2) is 18.3 Å². The van der Waals surface area contributed by atoms with Crippen molar-refractivity contribution in [3.63, 3.8) is 0 Å². The molecule has 2 fully saturated rings. The van der Waals surface area contributed by atoms with E-state index in [1.165, 1.54) is 14.0 Å². The molecule has 24 heavy (non-hydrogen) atoms. The summed E-state index contributed by atoms with van der Waals surface area (Å²) in [5.74, 6) is 1.02. The van der Waals surface area contributed by atoms with E-state index in [2.05, 4.69) is 15.2 Å². The first-order valence-electron chi connectivity index (χ1n) is 8.22. The Morgan fingerprint density at radius 3 is 2.71 bits per heavy atom. The number of anilines is 1. The summed E-state index contributed by atoms with van der Waals surface area (Å²) >= 11 is 0. The van der Waals surface area contributed by atoms with Gasteiger partial charge in [0.05, 0.1) is 24.8 Å². The van der Waals surface area contributed by atoms with Crippen LogP contribution in [0.1, 0.15) is 30.1 Å². The van der Waals surface area contributed by atoms with Gasteiger partial charge in [-0.2, -0.15) is 0 Å². The predicted molar refractivity (Wildman–Crippen MR) is 87.6 cm³/mol. The molecule has 130 valence electrons. The molecule has 0 radical (unpaired) electrons. The van der Waals surface area contributed by atoms with E-state index in [4.69, 9.17) is 4.74 Å². The molecule has 1 aliphatic carbocycles. The molecule has 0 bridgehead atoms. The lowest BCUT2D eigenvalue weighted by atomic mass is 9.77. The Kier molecular flexibility index (Phi) is 4.71. The summed E-state index contributed by atoms with van der Waals surface area (Å²) in [5.41, 5.74) is 0.480. The summed E-state index contributed by atoms with van der Waals surface area (Å²) < 4.78 is 4.76. The molecule has 0 aromatic carbocycles. The van der Waals surface area contributed by atoms with E-state index in [0.29, 0.717) is 23.8 Å². The minimum Gasteiger partial charge on any atom is -0.465 e. The largest absolute Gasteiger partial charge is 0.465 e. The van der Waals surface area contributed by atoms with Gasteiger partial charge in [-0.15, -0.1) is 0 Å². The first-order valence-corrected chi connectivity index (χ1v) is 8.22. The number of methoxy groups -OCH3 is 1. The van der Waals surface area contributed by atoms with Crippen molar-refractivity contribution in [1.82, 2.24) is 10.3 Å². The second-order valence-corrected chi connectivity index (χ2v) is 6.67. The number of nitrogens with zero attached hydrogens (tertiary/aromatic N) is 2. The number of carbonyl (C=O) groups is 2. The van der Waals surface area contributed by atoms with Crippen molar-refractivity contribution in [1.29, 1.82) is 0 Å². The fourth-order valence-corrected chi connectivity index (χ4v) is 3.87. The maximum atomic E-state index is 11.7. The SMILES string of the molecule is COC(=O)c1ccnc(N2C[C@H]3C[C@@H](NC(C)=O)[C@H](O)C[C@H]3C2)c1. The highest BCUT2D eigenvalue weighted by atomic mass is 16.5. The number of nitrogens with one attached hydrogen (secondary N) is 1. The molecule has 3 rings (SSSR count). The summed E-state index contributed by atoms with van der Waals surface area (Å²) in [5, 5.41) is 13.1. The molecule has 1 aromatic heterocycles. The van der Waals surface area contributed by atoms with Gasteiger partial charge in [-0.3, -0.25) is 4.79 Å². The van der Waals surface area contributed by atoms with Crippen LogP contribution >= 0.6 is 0 Å². The van der Waals surface area contributed by atoms with Crippen LogP contribution in [0.3, 0.4) is 0 Å². The molecule has 1 saturated carbocycles. The fourth-order valence-electron chi connectivity index (χ4n) is 3.87. The fraction of sp³-hybridized carbons (Fsp3) is 0.588. The molecular weight excluding hydrogens is 310 g/mol. The molecule has 0 unspecified atom stereocenters. The first-order chi connectivity index (χ1) is 11.5. The van der Waals surface area contributed by atoms with E-state index in [1.54, 1.807) is 18.3 Å². The van der Waals surface area contributed by atoms with E-state index in [0.717, 1.165) is 25.3 Å². The van der Waals surface area contributed by atoms with Crippen molar-refractivity contribution < 1.29 is 19.4 Å². The number of hydrogen-bond acceptors (Lipinski definition) is 6. The second kappa shape index (κ2) is 6.76. The highest BCUT2D eigenvalue weighted by molar-refractivity contribution is 5.90. The summed E-state index contributed by atoms with van der Waals surface area (Å²) in [4.78, 5) is 29.5. The van der Waals surface area contributed by atoms with Gasteiger partial charge in [-0.05, 0) is 36.8 Å². The van der Waals surface area contributed by atoms with Crippen LogP contribution in [-0.4, -0.2) is 54.3 Å². The molecule has 1 saturated heterocycles. The van der Waals surface area contributed by atoms with Crippen molar-refractivity contribution in [2.24, 2.45) is 11.8 Å². The second-order valence-electron chi connectivity index (χ2n) is 6.67. The lowest BCUT2D eigenvalue weighted by molar-refractivity contribution is -0.121. The van der Waals surface area contributed by atoms with Crippen molar-refractivity contribution in [3.8, 4) is 0 Å². The van der Waals surface area contributed by atoms with Crippen LogP contribution < -0.4 is 10.2 Å². The monoisotopic (exact) mass is 333 g/mol. The summed E-state index contributed by atoms with van der Waals surface area (Å²) in [6.45, 7) is 3.08. The average molecular weight is 333 g/mol. The van der Waals surface area contributed by atoms with E-state index < -0.39 is 6.10 Å². The Bertz CT molecular complexity index is 636. The van der Waals surface area contributed by atoms with Crippen molar-refractivity contribution in [3.05, 3.63) is 23.9 Å². The number of pyridine rings is 1. The maximum Gasteiger partial charge on any atom is 0.338 e.